The van der Waals surface area contributed by atoms with Gasteiger partial charge in [-0.3, -0.25) is 0 Å². The van der Waals surface area contributed by atoms with Crippen molar-refractivity contribution in [1.29, 1.82) is 0 Å². The molecule has 0 atom stereocenters. The first-order valence-corrected chi connectivity index (χ1v) is 8.40. The third-order valence-electron chi connectivity index (χ3n) is 3.76. The van der Waals surface area contributed by atoms with Crippen molar-refractivity contribution in [3.63, 3.8) is 0 Å². The van der Waals surface area contributed by atoms with Gasteiger partial charge in [-0.2, -0.15) is 0 Å². The zero-order valence-corrected chi connectivity index (χ0v) is 17.7. The Morgan fingerprint density at radius 3 is 2.46 bits per heavy atom. The fourth-order valence-electron chi connectivity index (χ4n) is 2.46. The minimum Gasteiger partial charge on any atom is -0.504 e. The van der Waals surface area contributed by atoms with E-state index in [2.05, 4.69) is 10.3 Å². The predicted octanol–water partition coefficient (Wildman–Crippen LogP) is 4.74. The van der Waals surface area contributed by atoms with E-state index >= 15 is 0 Å². The molecule has 6 nitrogen and oxygen atoms in total. The van der Waals surface area contributed by atoms with Crippen molar-refractivity contribution >= 4 is 35.6 Å². The minimum atomic E-state index is 0. The van der Waals surface area contributed by atoms with Gasteiger partial charge in [0.2, 0.25) is 0 Å². The topological polar surface area (TPSA) is 89.1 Å². The first kappa shape index (κ1) is 21.4. The summed E-state index contributed by atoms with van der Waals surface area (Å²) in [5.41, 5.74) is 7.55. The van der Waals surface area contributed by atoms with Gasteiger partial charge in [0.1, 0.15) is 11.5 Å². The molecule has 7 heteroatoms. The molecule has 0 aromatic heterocycles. The summed E-state index contributed by atoms with van der Waals surface area (Å²) in [4.78, 5) is 4.29. The molecule has 0 heterocycles. The van der Waals surface area contributed by atoms with Gasteiger partial charge in [0.25, 0.3) is 0 Å². The second kappa shape index (κ2) is 10.4. The number of rotatable bonds is 6. The Bertz CT molecular complexity index is 933. The first-order valence-electron chi connectivity index (χ1n) is 8.40. The lowest BCUT2D eigenvalue weighted by molar-refractivity contribution is 0.373. The number of aliphatic imine (C=N–C) groups is 1. The summed E-state index contributed by atoms with van der Waals surface area (Å²) in [5.74, 6) is 2.21. The third kappa shape index (κ3) is 6.05. The summed E-state index contributed by atoms with van der Waals surface area (Å²) in [5, 5.41) is 12.8. The lowest BCUT2D eigenvalue weighted by Crippen LogP contribution is -2.22. The molecule has 0 aliphatic carbocycles. The van der Waals surface area contributed by atoms with Gasteiger partial charge in [0, 0.05) is 11.8 Å². The van der Waals surface area contributed by atoms with Gasteiger partial charge in [0.15, 0.2) is 17.5 Å². The Labute approximate surface area is 181 Å². The van der Waals surface area contributed by atoms with Crippen LogP contribution < -0.4 is 20.5 Å². The molecule has 3 aromatic rings. The highest BCUT2D eigenvalue weighted by Crippen LogP contribution is 2.26. The molecular weight excluding hydrogens is 469 g/mol. The van der Waals surface area contributed by atoms with Crippen LogP contribution >= 0.6 is 24.0 Å². The number of anilines is 1. The summed E-state index contributed by atoms with van der Waals surface area (Å²) in [6.07, 6.45) is 0. The highest BCUT2D eigenvalue weighted by Gasteiger charge is 2.03. The number of hydrogen-bond acceptors (Lipinski definition) is 4. The van der Waals surface area contributed by atoms with Crippen molar-refractivity contribution in [3.8, 4) is 23.0 Å². The summed E-state index contributed by atoms with van der Waals surface area (Å²) < 4.78 is 10.8. The van der Waals surface area contributed by atoms with E-state index in [1.165, 1.54) is 7.11 Å². The smallest absolute Gasteiger partial charge is 0.193 e. The van der Waals surface area contributed by atoms with Crippen molar-refractivity contribution in [1.82, 2.24) is 0 Å². The lowest BCUT2D eigenvalue weighted by atomic mass is 10.2. The van der Waals surface area contributed by atoms with E-state index in [0.29, 0.717) is 18.0 Å². The predicted molar refractivity (Wildman–Crippen MR) is 122 cm³/mol. The molecule has 146 valence electrons. The number of hydrogen-bond donors (Lipinski definition) is 3. The number of nitrogens with one attached hydrogen (secondary N) is 1. The number of nitrogens with zero attached hydrogens (tertiary/aromatic N) is 1. The van der Waals surface area contributed by atoms with Gasteiger partial charge < -0.3 is 25.6 Å². The van der Waals surface area contributed by atoms with E-state index in [9.17, 15) is 5.11 Å². The standard InChI is InChI=1S/C21H21N3O3.HI/c1-26-20-11-10-15(12-19(20)25)14-23-21(22)24-16-6-5-9-18(13-16)27-17-7-3-2-4-8-17;/h2-13,25H,14H2,1H3,(H3,22,23,24);1H. The maximum atomic E-state index is 9.81. The Morgan fingerprint density at radius 1 is 1.00 bits per heavy atom. The Kier molecular flexibility index (Phi) is 7.94. The average Bonchev–Trinajstić information content (AvgIpc) is 2.67. The molecule has 0 amide bonds. The van der Waals surface area contributed by atoms with Crippen molar-refractivity contribution < 1.29 is 14.6 Å². The maximum Gasteiger partial charge on any atom is 0.193 e. The number of benzene rings is 3. The summed E-state index contributed by atoms with van der Waals surface area (Å²) >= 11 is 0. The molecule has 0 aliphatic heterocycles. The second-order valence-electron chi connectivity index (χ2n) is 5.78. The minimum absolute atomic E-state index is 0. The van der Waals surface area contributed by atoms with E-state index < -0.39 is 0 Å². The van der Waals surface area contributed by atoms with Crippen LogP contribution in [0.4, 0.5) is 5.69 Å². The van der Waals surface area contributed by atoms with Gasteiger partial charge in [-0.25, -0.2) is 4.99 Å². The van der Waals surface area contributed by atoms with Crippen LogP contribution in [0.25, 0.3) is 0 Å². The van der Waals surface area contributed by atoms with Gasteiger partial charge in [-0.05, 0) is 42.0 Å². The molecular formula is C21H22IN3O3. The first-order chi connectivity index (χ1) is 13.1. The number of methoxy groups -OCH3 is 1. The van der Waals surface area contributed by atoms with Crippen LogP contribution in [0.15, 0.2) is 77.8 Å². The molecule has 0 saturated carbocycles. The Balaban J connectivity index is 0.00000280. The normalized spacial score (nSPS) is 10.7. The average molecular weight is 491 g/mol. The zero-order chi connectivity index (χ0) is 19.1. The third-order valence-corrected chi connectivity index (χ3v) is 3.76. The number of phenols is 1. The summed E-state index contributed by atoms with van der Waals surface area (Å²) in [6, 6.07) is 22.1. The highest BCUT2D eigenvalue weighted by molar-refractivity contribution is 14.0. The molecule has 0 unspecified atom stereocenters. The van der Waals surface area contributed by atoms with Gasteiger partial charge in [-0.1, -0.05) is 30.3 Å². The Hall–Kier alpha value is -2.94. The molecule has 0 spiro atoms. The van der Waals surface area contributed by atoms with Gasteiger partial charge in [0.05, 0.1) is 13.7 Å². The molecule has 0 fully saturated rings. The van der Waals surface area contributed by atoms with Crippen LogP contribution in [-0.2, 0) is 6.54 Å². The second-order valence-corrected chi connectivity index (χ2v) is 5.78. The monoisotopic (exact) mass is 491 g/mol. The number of para-hydroxylation sites is 1. The number of aromatic hydroxyl groups is 1. The zero-order valence-electron chi connectivity index (χ0n) is 15.3. The van der Waals surface area contributed by atoms with Crippen LogP contribution in [0.5, 0.6) is 23.0 Å². The quantitative estimate of drug-likeness (QED) is 0.264. The number of ether oxygens (including phenoxy) is 2. The summed E-state index contributed by atoms with van der Waals surface area (Å²) in [7, 11) is 1.50. The van der Waals surface area contributed by atoms with Crippen LogP contribution in [0.1, 0.15) is 5.56 Å². The maximum absolute atomic E-state index is 9.81. The van der Waals surface area contributed by atoms with E-state index in [1.54, 1.807) is 12.1 Å². The number of nitrogens with two attached hydrogens (primary N) is 1. The van der Waals surface area contributed by atoms with Crippen LogP contribution in [-0.4, -0.2) is 18.2 Å². The number of halogens is 1. The number of guanidine groups is 1. The van der Waals surface area contributed by atoms with Crippen molar-refractivity contribution in [2.75, 3.05) is 12.4 Å². The van der Waals surface area contributed by atoms with E-state index in [0.717, 1.165) is 17.0 Å². The van der Waals surface area contributed by atoms with E-state index in [-0.39, 0.29) is 35.7 Å². The Morgan fingerprint density at radius 2 is 1.75 bits per heavy atom. The molecule has 3 aromatic carbocycles. The number of phenolic OH excluding ortho intramolecular Hbond substituents is 1. The largest absolute Gasteiger partial charge is 0.504 e. The fourth-order valence-corrected chi connectivity index (χ4v) is 2.46. The van der Waals surface area contributed by atoms with Crippen molar-refractivity contribution in [2.45, 2.75) is 6.54 Å². The molecule has 0 radical (unpaired) electrons. The molecule has 0 bridgehead atoms. The lowest BCUT2D eigenvalue weighted by Gasteiger charge is -2.09. The highest BCUT2D eigenvalue weighted by atomic mass is 127. The van der Waals surface area contributed by atoms with E-state index in [1.807, 2.05) is 60.7 Å². The van der Waals surface area contributed by atoms with Crippen molar-refractivity contribution in [3.05, 3.63) is 78.4 Å². The SMILES string of the molecule is COc1ccc(CN=C(N)Nc2cccc(Oc3ccccc3)c2)cc1O.I. The molecule has 0 aliphatic rings. The summed E-state index contributed by atoms with van der Waals surface area (Å²) in [6.45, 7) is 0.330. The molecule has 0 saturated heterocycles. The van der Waals surface area contributed by atoms with Gasteiger partial charge >= 0.3 is 0 Å². The van der Waals surface area contributed by atoms with Crippen LogP contribution in [0, 0.1) is 0 Å². The van der Waals surface area contributed by atoms with Crippen LogP contribution in [0.3, 0.4) is 0 Å². The van der Waals surface area contributed by atoms with Crippen LogP contribution in [0.2, 0.25) is 0 Å². The van der Waals surface area contributed by atoms with Crippen molar-refractivity contribution in [2.24, 2.45) is 10.7 Å². The molecule has 4 N–H and O–H groups in total. The fraction of sp³-hybridized carbons (Fsp3) is 0.0952. The molecule has 3 rings (SSSR count). The molecule has 28 heavy (non-hydrogen) atoms. The van der Waals surface area contributed by atoms with Gasteiger partial charge in [-0.15, -0.1) is 24.0 Å². The van der Waals surface area contributed by atoms with E-state index in [4.69, 9.17) is 15.2 Å².